The van der Waals surface area contributed by atoms with E-state index in [0.717, 1.165) is 49.7 Å². The van der Waals surface area contributed by atoms with E-state index in [-0.39, 0.29) is 35.4 Å². The van der Waals surface area contributed by atoms with E-state index in [1.807, 2.05) is 75.4 Å². The van der Waals surface area contributed by atoms with Crippen LogP contribution in [0.2, 0.25) is 5.02 Å². The Kier molecular flexibility index (Phi) is 10.6. The second-order valence-electron chi connectivity index (χ2n) is 13.5. The van der Waals surface area contributed by atoms with Crippen LogP contribution < -0.4 is 16.0 Å². The molecule has 1 aliphatic carbocycles. The number of benzene rings is 3. The maximum absolute atomic E-state index is 13.5. The fourth-order valence-electron chi connectivity index (χ4n) is 6.64. The zero-order valence-electron chi connectivity index (χ0n) is 26.2. The molecule has 3 N–H and O–H groups in total. The molecule has 0 saturated heterocycles. The Bertz CT molecular complexity index is 1430. The second-order valence-corrected chi connectivity index (χ2v) is 13.9. The standard InChI is InChI=1S/C38H46ClN3O2/c1-38(2,3)42-37(44)35(28-9-5-4-6-10-28)29-18-13-26(14-19-29)17-22-33(23-27-15-20-32(39)21-16-27)41-36(43)34-24-30-11-7-8-12-31(30)25-40-34/h4-12,15-17,20-21,29,33-35,40H,13-14,18-19,22-25H2,1-3H3,(H,41,43)(H,42,44)/t29?,33-,34-,35?/m1/s1. The number of fused-ring (bicyclic) bond motifs is 1. The molecular formula is C38H46ClN3O2. The first-order chi connectivity index (χ1) is 21.1. The van der Waals surface area contributed by atoms with Gasteiger partial charge in [-0.3, -0.25) is 9.59 Å². The molecule has 0 bridgehead atoms. The highest BCUT2D eigenvalue weighted by Crippen LogP contribution is 2.39. The summed E-state index contributed by atoms with van der Waals surface area (Å²) in [7, 11) is 0. The molecule has 1 unspecified atom stereocenters. The Labute approximate surface area is 267 Å². The number of hydrogen-bond acceptors (Lipinski definition) is 3. The van der Waals surface area contributed by atoms with E-state index >= 15 is 0 Å². The van der Waals surface area contributed by atoms with Crippen molar-refractivity contribution in [1.82, 2.24) is 16.0 Å². The fraction of sp³-hybridized carbons (Fsp3) is 0.421. The Morgan fingerprint density at radius 2 is 1.59 bits per heavy atom. The highest BCUT2D eigenvalue weighted by molar-refractivity contribution is 6.30. The number of rotatable bonds is 9. The number of halogens is 1. The van der Waals surface area contributed by atoms with Crippen molar-refractivity contribution in [2.45, 2.75) is 95.8 Å². The molecule has 2 aliphatic rings. The van der Waals surface area contributed by atoms with Crippen LogP contribution in [0.15, 0.2) is 90.5 Å². The van der Waals surface area contributed by atoms with Gasteiger partial charge in [-0.1, -0.05) is 90.0 Å². The van der Waals surface area contributed by atoms with E-state index in [0.29, 0.717) is 23.9 Å². The summed E-state index contributed by atoms with van der Waals surface area (Å²) < 4.78 is 0. The molecule has 6 heteroatoms. The summed E-state index contributed by atoms with van der Waals surface area (Å²) in [6, 6.07) is 26.2. The molecule has 1 fully saturated rings. The van der Waals surface area contributed by atoms with E-state index in [1.54, 1.807) is 0 Å². The summed E-state index contributed by atoms with van der Waals surface area (Å²) in [6.07, 6.45) is 8.44. The van der Waals surface area contributed by atoms with Crippen molar-refractivity contribution in [2.75, 3.05) is 0 Å². The van der Waals surface area contributed by atoms with Gasteiger partial charge in [0.1, 0.15) is 0 Å². The Morgan fingerprint density at radius 3 is 2.27 bits per heavy atom. The number of carbonyl (C=O) groups is 2. The molecule has 44 heavy (non-hydrogen) atoms. The van der Waals surface area contributed by atoms with E-state index in [2.05, 4.69) is 46.3 Å². The van der Waals surface area contributed by atoms with Crippen molar-refractivity contribution in [1.29, 1.82) is 0 Å². The third-order valence-electron chi connectivity index (χ3n) is 8.91. The van der Waals surface area contributed by atoms with Crippen LogP contribution in [0.1, 0.15) is 81.0 Å². The van der Waals surface area contributed by atoms with Gasteiger partial charge in [0.2, 0.25) is 11.8 Å². The molecule has 1 aliphatic heterocycles. The van der Waals surface area contributed by atoms with Crippen LogP contribution in [0.25, 0.3) is 0 Å². The number of amides is 2. The molecular weight excluding hydrogens is 566 g/mol. The lowest BCUT2D eigenvalue weighted by Crippen LogP contribution is -2.50. The first kappa shape index (κ1) is 32.0. The molecule has 5 rings (SSSR count). The molecule has 232 valence electrons. The average Bonchev–Trinajstić information content (AvgIpc) is 3.01. The van der Waals surface area contributed by atoms with Gasteiger partial charge >= 0.3 is 0 Å². The first-order valence-corrected chi connectivity index (χ1v) is 16.4. The molecule has 0 radical (unpaired) electrons. The topological polar surface area (TPSA) is 70.2 Å². The Hall–Kier alpha value is -3.41. The van der Waals surface area contributed by atoms with Crippen molar-refractivity contribution < 1.29 is 9.59 Å². The summed E-state index contributed by atoms with van der Waals surface area (Å²) >= 11 is 6.15. The van der Waals surface area contributed by atoms with Gasteiger partial charge in [0.25, 0.3) is 0 Å². The highest BCUT2D eigenvalue weighted by Gasteiger charge is 2.33. The van der Waals surface area contributed by atoms with Crippen molar-refractivity contribution in [3.8, 4) is 0 Å². The minimum absolute atomic E-state index is 0.0255. The zero-order chi connectivity index (χ0) is 31.1. The molecule has 2 amide bonds. The third kappa shape index (κ3) is 8.83. The summed E-state index contributed by atoms with van der Waals surface area (Å²) in [4.78, 5) is 26.9. The maximum Gasteiger partial charge on any atom is 0.237 e. The van der Waals surface area contributed by atoms with Crippen LogP contribution in [0, 0.1) is 5.92 Å². The minimum atomic E-state index is -0.274. The molecule has 0 spiro atoms. The van der Waals surface area contributed by atoms with Gasteiger partial charge in [-0.05, 0) is 106 Å². The van der Waals surface area contributed by atoms with Gasteiger partial charge in [0, 0.05) is 23.1 Å². The van der Waals surface area contributed by atoms with Crippen molar-refractivity contribution in [3.05, 3.63) is 118 Å². The first-order valence-electron chi connectivity index (χ1n) is 16.0. The molecule has 3 atom stereocenters. The maximum atomic E-state index is 13.5. The number of nitrogens with one attached hydrogen (secondary N) is 3. The lowest BCUT2D eigenvalue weighted by molar-refractivity contribution is -0.125. The highest BCUT2D eigenvalue weighted by atomic mass is 35.5. The van der Waals surface area contributed by atoms with Crippen LogP contribution in [0.3, 0.4) is 0 Å². The lowest BCUT2D eigenvalue weighted by Gasteiger charge is -2.33. The second kappa shape index (κ2) is 14.6. The lowest BCUT2D eigenvalue weighted by atomic mass is 9.74. The Morgan fingerprint density at radius 1 is 0.932 bits per heavy atom. The van der Waals surface area contributed by atoms with Gasteiger partial charge in [-0.25, -0.2) is 0 Å². The van der Waals surface area contributed by atoms with Crippen LogP contribution in [0.5, 0.6) is 0 Å². The van der Waals surface area contributed by atoms with E-state index in [9.17, 15) is 9.59 Å². The summed E-state index contributed by atoms with van der Waals surface area (Å²) in [5.41, 5.74) is 5.90. The van der Waals surface area contributed by atoms with Gasteiger partial charge in [-0.2, -0.15) is 0 Å². The summed E-state index contributed by atoms with van der Waals surface area (Å²) in [5.74, 6) is 0.311. The molecule has 0 aromatic heterocycles. The summed E-state index contributed by atoms with van der Waals surface area (Å²) in [6.45, 7) is 6.82. The molecule has 3 aromatic carbocycles. The van der Waals surface area contributed by atoms with E-state index in [1.165, 1.54) is 16.7 Å². The predicted octanol–water partition coefficient (Wildman–Crippen LogP) is 7.29. The predicted molar refractivity (Wildman–Crippen MR) is 180 cm³/mol. The van der Waals surface area contributed by atoms with Crippen LogP contribution in [-0.4, -0.2) is 29.4 Å². The van der Waals surface area contributed by atoms with Gasteiger partial charge in [0.15, 0.2) is 0 Å². The number of allylic oxidation sites excluding steroid dienone is 1. The third-order valence-corrected chi connectivity index (χ3v) is 9.17. The van der Waals surface area contributed by atoms with Crippen molar-refractivity contribution in [3.63, 3.8) is 0 Å². The van der Waals surface area contributed by atoms with E-state index < -0.39 is 0 Å². The molecule has 5 nitrogen and oxygen atoms in total. The van der Waals surface area contributed by atoms with Crippen LogP contribution >= 0.6 is 11.6 Å². The van der Waals surface area contributed by atoms with Gasteiger partial charge in [-0.15, -0.1) is 0 Å². The van der Waals surface area contributed by atoms with Gasteiger partial charge < -0.3 is 16.0 Å². The molecule has 3 aromatic rings. The number of hydrogen-bond donors (Lipinski definition) is 3. The largest absolute Gasteiger partial charge is 0.351 e. The Balaban J connectivity index is 1.24. The van der Waals surface area contributed by atoms with Crippen molar-refractivity contribution in [2.24, 2.45) is 5.92 Å². The summed E-state index contributed by atoms with van der Waals surface area (Å²) in [5, 5.41) is 10.8. The number of carbonyl (C=O) groups excluding carboxylic acids is 2. The van der Waals surface area contributed by atoms with Crippen LogP contribution in [0.4, 0.5) is 0 Å². The van der Waals surface area contributed by atoms with Gasteiger partial charge in [0.05, 0.1) is 12.0 Å². The average molecular weight is 612 g/mol. The molecule has 1 saturated carbocycles. The smallest absolute Gasteiger partial charge is 0.237 e. The zero-order valence-corrected chi connectivity index (χ0v) is 27.0. The molecule has 1 heterocycles. The monoisotopic (exact) mass is 611 g/mol. The SMILES string of the molecule is CC(C)(C)NC(=O)C(c1ccccc1)C1CCC(=CC[C@H](Cc2ccc(Cl)cc2)NC(=O)[C@H]2Cc3ccccc3CN2)CC1. The van der Waals surface area contributed by atoms with Crippen LogP contribution in [-0.2, 0) is 29.0 Å². The van der Waals surface area contributed by atoms with Crippen molar-refractivity contribution >= 4 is 23.4 Å². The quantitative estimate of drug-likeness (QED) is 0.223. The fourth-order valence-corrected chi connectivity index (χ4v) is 6.77. The minimum Gasteiger partial charge on any atom is -0.351 e. The van der Waals surface area contributed by atoms with E-state index in [4.69, 9.17) is 11.6 Å². The normalized spacial score (nSPS) is 19.8.